The number of hydrogen-bond donors (Lipinski definition) is 0. The van der Waals surface area contributed by atoms with Crippen LogP contribution in [0.2, 0.25) is 0 Å². The van der Waals surface area contributed by atoms with Crippen molar-refractivity contribution in [1.29, 1.82) is 0 Å². The van der Waals surface area contributed by atoms with E-state index in [4.69, 9.17) is 28.4 Å². The molecule has 5 atom stereocenters. The minimum atomic E-state index is -1.28. The van der Waals surface area contributed by atoms with Gasteiger partial charge in [0.25, 0.3) is 0 Å². The molecular formula is C32H38O11S. The summed E-state index contributed by atoms with van der Waals surface area (Å²) in [6.45, 7) is 7.99. The molecule has 0 radical (unpaired) electrons. The van der Waals surface area contributed by atoms with E-state index in [9.17, 15) is 24.0 Å². The highest BCUT2D eigenvalue weighted by Crippen LogP contribution is 2.40. The Labute approximate surface area is 260 Å². The van der Waals surface area contributed by atoms with Crippen LogP contribution in [0.15, 0.2) is 42.5 Å². The summed E-state index contributed by atoms with van der Waals surface area (Å²) >= 11 is 1.11. The van der Waals surface area contributed by atoms with Crippen LogP contribution in [0.4, 0.5) is 0 Å². The fourth-order valence-corrected chi connectivity index (χ4v) is 6.03. The van der Waals surface area contributed by atoms with Crippen LogP contribution in [0.5, 0.6) is 5.75 Å². The van der Waals surface area contributed by atoms with E-state index in [-0.39, 0.29) is 13.2 Å². The quantitative estimate of drug-likeness (QED) is 0.246. The smallest absolute Gasteiger partial charge is 0.303 e. The van der Waals surface area contributed by atoms with Gasteiger partial charge in [-0.1, -0.05) is 43.3 Å². The second-order valence-corrected chi connectivity index (χ2v) is 11.6. The van der Waals surface area contributed by atoms with Crippen molar-refractivity contribution in [2.45, 2.75) is 90.0 Å². The molecule has 0 bridgehead atoms. The molecule has 0 spiro atoms. The van der Waals surface area contributed by atoms with E-state index in [1.54, 1.807) is 6.07 Å². The molecule has 3 rings (SSSR count). The highest BCUT2D eigenvalue weighted by Gasteiger charge is 2.53. The maximum Gasteiger partial charge on any atom is 0.303 e. The zero-order chi connectivity index (χ0) is 32.4. The summed E-state index contributed by atoms with van der Waals surface area (Å²) < 4.78 is 33.7. The van der Waals surface area contributed by atoms with Gasteiger partial charge in [0, 0.05) is 41.0 Å². The fraction of sp³-hybridized carbons (Fsp3) is 0.469. The van der Waals surface area contributed by atoms with Crippen molar-refractivity contribution in [3.8, 4) is 5.75 Å². The summed E-state index contributed by atoms with van der Waals surface area (Å²) in [6.07, 6.45) is -2.22. The van der Waals surface area contributed by atoms with Gasteiger partial charge < -0.3 is 28.4 Å². The fourth-order valence-electron chi connectivity index (χ4n) is 4.65. The number of ether oxygens (including phenoxy) is 6. The number of rotatable bonds is 12. The Morgan fingerprint density at radius 2 is 1.20 bits per heavy atom. The molecule has 0 saturated carbocycles. The Morgan fingerprint density at radius 3 is 1.77 bits per heavy atom. The second kappa shape index (κ2) is 16.1. The second-order valence-electron chi connectivity index (χ2n) is 10.3. The first-order chi connectivity index (χ1) is 20.9. The van der Waals surface area contributed by atoms with E-state index < -0.39 is 58.8 Å². The molecular weight excluding hydrogens is 592 g/mol. The van der Waals surface area contributed by atoms with E-state index in [2.05, 4.69) is 19.1 Å². The number of thioether (sulfide) groups is 1. The number of esters is 5. The van der Waals surface area contributed by atoms with Crippen molar-refractivity contribution in [1.82, 2.24) is 0 Å². The first kappa shape index (κ1) is 34.4. The zero-order valence-corrected chi connectivity index (χ0v) is 26.5. The van der Waals surface area contributed by atoms with E-state index >= 15 is 0 Å². The van der Waals surface area contributed by atoms with Crippen LogP contribution >= 0.6 is 11.8 Å². The van der Waals surface area contributed by atoms with Gasteiger partial charge in [-0.3, -0.25) is 24.0 Å². The molecule has 1 aliphatic rings. The van der Waals surface area contributed by atoms with Gasteiger partial charge in [-0.05, 0) is 34.7 Å². The van der Waals surface area contributed by atoms with Gasteiger partial charge in [-0.15, -0.1) is 11.8 Å². The van der Waals surface area contributed by atoms with Crippen molar-refractivity contribution in [3.05, 3.63) is 64.7 Å². The van der Waals surface area contributed by atoms with Gasteiger partial charge in [-0.2, -0.15) is 0 Å². The Bertz CT molecular complexity index is 1340. The molecule has 12 heteroatoms. The summed E-state index contributed by atoms with van der Waals surface area (Å²) in [7, 11) is 0. The van der Waals surface area contributed by atoms with Crippen LogP contribution in [-0.4, -0.2) is 65.5 Å². The Balaban J connectivity index is 2.07. The van der Waals surface area contributed by atoms with Crippen molar-refractivity contribution in [2.75, 3.05) is 6.61 Å². The minimum absolute atomic E-state index is 0.00201. The van der Waals surface area contributed by atoms with Crippen LogP contribution < -0.4 is 4.74 Å². The zero-order valence-electron chi connectivity index (χ0n) is 25.7. The first-order valence-corrected chi connectivity index (χ1v) is 15.1. The standard InChI is InChI=1S/C32H38O11S/c1-7-23-8-10-24(11-9-23)14-26-13-12-25(16-38-18(2)33)15-27(26)43-32-31(42-22(6)37)30(41-21(5)36)29(40-20(4)35)28(44-32)17-39-19(3)34/h8-13,15,28-32H,7,14,16-17H2,1-6H3/t28-,29+,30-,31+,32-/m0/s1. The number of carbonyl (C=O) groups excluding carboxylic acids is 5. The minimum Gasteiger partial charge on any atom is -0.475 e. The number of carbonyl (C=O) groups is 5. The van der Waals surface area contributed by atoms with Crippen molar-refractivity contribution in [2.24, 2.45) is 0 Å². The molecule has 2 aromatic carbocycles. The first-order valence-electron chi connectivity index (χ1n) is 14.2. The molecule has 2 aromatic rings. The SMILES string of the molecule is CCc1ccc(Cc2ccc(COC(C)=O)cc2O[C@H]2S[C@@H](COC(C)=O)[C@@H](OC(C)=O)[C@H](OC(C)=O)[C@H]2OC(C)=O)cc1. The predicted octanol–water partition coefficient (Wildman–Crippen LogP) is 4.08. The normalized spacial score (nSPS) is 21.0. The van der Waals surface area contributed by atoms with Crippen LogP contribution in [-0.2, 0) is 67.1 Å². The Morgan fingerprint density at radius 1 is 0.659 bits per heavy atom. The third kappa shape index (κ3) is 10.3. The molecule has 1 saturated heterocycles. The average molecular weight is 631 g/mol. The lowest BCUT2D eigenvalue weighted by Crippen LogP contribution is -2.59. The summed E-state index contributed by atoms with van der Waals surface area (Å²) in [5.41, 5.74) is 2.65. The molecule has 238 valence electrons. The van der Waals surface area contributed by atoms with Crippen LogP contribution in [0.3, 0.4) is 0 Å². The Hall–Kier alpha value is -4.06. The maximum atomic E-state index is 12.3. The van der Waals surface area contributed by atoms with Gasteiger partial charge in [0.2, 0.25) is 0 Å². The molecule has 11 nitrogen and oxygen atoms in total. The monoisotopic (exact) mass is 630 g/mol. The van der Waals surface area contributed by atoms with Gasteiger partial charge in [0.15, 0.2) is 23.7 Å². The Kier molecular flexibility index (Phi) is 12.6. The lowest BCUT2D eigenvalue weighted by molar-refractivity contribution is -0.190. The van der Waals surface area contributed by atoms with Crippen molar-refractivity contribution < 1.29 is 52.4 Å². The molecule has 0 unspecified atom stereocenters. The molecule has 1 fully saturated rings. The molecule has 1 aliphatic heterocycles. The van der Waals surface area contributed by atoms with Crippen LogP contribution in [0.25, 0.3) is 0 Å². The topological polar surface area (TPSA) is 141 Å². The number of hydrogen-bond acceptors (Lipinski definition) is 12. The van der Waals surface area contributed by atoms with Crippen LogP contribution in [0, 0.1) is 0 Å². The summed E-state index contributed by atoms with van der Waals surface area (Å²) in [5.74, 6) is -2.66. The highest BCUT2D eigenvalue weighted by atomic mass is 32.2. The molecule has 0 aromatic heterocycles. The molecule has 1 heterocycles. The maximum absolute atomic E-state index is 12.3. The van der Waals surface area contributed by atoms with E-state index in [0.717, 1.165) is 29.3 Å². The predicted molar refractivity (Wildman–Crippen MR) is 160 cm³/mol. The number of aryl methyl sites for hydroxylation is 1. The summed E-state index contributed by atoms with van der Waals surface area (Å²) in [4.78, 5) is 59.8. The molecule has 0 N–H and O–H groups in total. The molecule has 0 amide bonds. The van der Waals surface area contributed by atoms with E-state index in [1.165, 1.54) is 40.2 Å². The summed E-state index contributed by atoms with van der Waals surface area (Å²) in [6, 6.07) is 13.6. The molecule has 44 heavy (non-hydrogen) atoms. The van der Waals surface area contributed by atoms with Crippen LogP contribution in [0.1, 0.15) is 63.8 Å². The third-order valence-corrected chi connectivity index (χ3v) is 7.98. The van der Waals surface area contributed by atoms with Gasteiger partial charge in [0.1, 0.15) is 19.0 Å². The molecule has 0 aliphatic carbocycles. The van der Waals surface area contributed by atoms with Crippen molar-refractivity contribution in [3.63, 3.8) is 0 Å². The van der Waals surface area contributed by atoms with Gasteiger partial charge >= 0.3 is 29.8 Å². The van der Waals surface area contributed by atoms with Gasteiger partial charge in [0.05, 0.1) is 5.25 Å². The average Bonchev–Trinajstić information content (AvgIpc) is 2.94. The van der Waals surface area contributed by atoms with E-state index in [0.29, 0.717) is 17.7 Å². The number of benzene rings is 2. The highest BCUT2D eigenvalue weighted by molar-refractivity contribution is 8.00. The lowest BCUT2D eigenvalue weighted by atomic mass is 10.0. The largest absolute Gasteiger partial charge is 0.475 e. The van der Waals surface area contributed by atoms with Gasteiger partial charge in [-0.25, -0.2) is 0 Å². The van der Waals surface area contributed by atoms with E-state index in [1.807, 2.05) is 24.3 Å². The summed E-state index contributed by atoms with van der Waals surface area (Å²) in [5, 5.41) is -0.752. The lowest BCUT2D eigenvalue weighted by Gasteiger charge is -2.43. The van der Waals surface area contributed by atoms with Crippen molar-refractivity contribution >= 4 is 41.6 Å². The third-order valence-electron chi connectivity index (χ3n) is 6.59.